The topological polar surface area (TPSA) is 46.2 Å². The third kappa shape index (κ3) is 3.06. The summed E-state index contributed by atoms with van der Waals surface area (Å²) in [6.45, 7) is 0. The lowest BCUT2D eigenvalue weighted by Crippen LogP contribution is -2.14. The van der Waals surface area contributed by atoms with Crippen molar-refractivity contribution in [2.45, 2.75) is 0 Å². The van der Waals surface area contributed by atoms with Crippen LogP contribution in [-0.4, -0.2) is 12.2 Å². The summed E-state index contributed by atoms with van der Waals surface area (Å²) in [5.41, 5.74) is 0.800. The van der Waals surface area contributed by atoms with Crippen LogP contribution in [0.15, 0.2) is 46.9 Å². The van der Waals surface area contributed by atoms with Gasteiger partial charge in [0.15, 0.2) is 0 Å². The first-order valence-electron chi connectivity index (χ1n) is 5.42. The molecule has 0 aliphatic carbocycles. The van der Waals surface area contributed by atoms with Gasteiger partial charge >= 0.3 is 0 Å². The molecule has 2 aromatic rings. The Morgan fingerprint density at radius 2 is 1.95 bits per heavy atom. The molecule has 0 unspecified atom stereocenters. The third-order valence-electron chi connectivity index (χ3n) is 2.47. The molecule has 5 heteroatoms. The molecule has 0 spiro atoms. The maximum atomic E-state index is 13.6. The number of halogens is 2. The van der Waals surface area contributed by atoms with Crippen LogP contribution in [0.1, 0.15) is 20.7 Å². The molecule has 96 valence electrons. The van der Waals surface area contributed by atoms with Gasteiger partial charge in [0.2, 0.25) is 0 Å². The van der Waals surface area contributed by atoms with Crippen LogP contribution in [0.2, 0.25) is 0 Å². The zero-order valence-electron chi connectivity index (χ0n) is 9.69. The smallest absolute Gasteiger partial charge is 0.259 e. The number of amides is 1. The third-order valence-corrected chi connectivity index (χ3v) is 3.13. The Hall–Kier alpha value is -2.01. The van der Waals surface area contributed by atoms with Gasteiger partial charge in [0.1, 0.15) is 12.1 Å². The highest BCUT2D eigenvalue weighted by Gasteiger charge is 2.15. The quantitative estimate of drug-likeness (QED) is 0.877. The fourth-order valence-electron chi connectivity index (χ4n) is 1.60. The van der Waals surface area contributed by atoms with E-state index >= 15 is 0 Å². The van der Waals surface area contributed by atoms with Crippen LogP contribution < -0.4 is 5.32 Å². The summed E-state index contributed by atoms with van der Waals surface area (Å²) < 4.78 is 14.0. The number of hydrogen-bond donors (Lipinski definition) is 1. The minimum atomic E-state index is -0.613. The minimum absolute atomic E-state index is 0.0704. The summed E-state index contributed by atoms with van der Waals surface area (Å²) in [6, 6.07) is 10.7. The molecule has 2 aromatic carbocycles. The maximum absolute atomic E-state index is 13.6. The molecule has 0 saturated carbocycles. The van der Waals surface area contributed by atoms with E-state index in [4.69, 9.17) is 0 Å². The summed E-state index contributed by atoms with van der Waals surface area (Å²) in [5, 5.41) is 2.55. The van der Waals surface area contributed by atoms with Gasteiger partial charge < -0.3 is 5.32 Å². The molecule has 1 N–H and O–H groups in total. The van der Waals surface area contributed by atoms with Crippen LogP contribution in [0.3, 0.4) is 0 Å². The van der Waals surface area contributed by atoms with Crippen molar-refractivity contribution in [3.8, 4) is 0 Å². The second kappa shape index (κ2) is 5.75. The Balaban J connectivity index is 2.28. The van der Waals surface area contributed by atoms with E-state index < -0.39 is 11.7 Å². The molecule has 1 amide bonds. The van der Waals surface area contributed by atoms with Crippen LogP contribution in [0.25, 0.3) is 0 Å². The first-order valence-corrected chi connectivity index (χ1v) is 6.21. The van der Waals surface area contributed by atoms with Crippen molar-refractivity contribution in [2.24, 2.45) is 0 Å². The standard InChI is InChI=1S/C14H9BrFNO2/c15-11-5-2-6-12(16)13(11)14(19)17-10-4-1-3-9(7-10)8-18/h1-8H,(H,17,19). The average molecular weight is 322 g/mol. The van der Waals surface area contributed by atoms with Crippen molar-refractivity contribution >= 4 is 33.8 Å². The minimum Gasteiger partial charge on any atom is -0.322 e. The first-order chi connectivity index (χ1) is 9.11. The Morgan fingerprint density at radius 3 is 2.63 bits per heavy atom. The van der Waals surface area contributed by atoms with Gasteiger partial charge in [-0.2, -0.15) is 0 Å². The Labute approximate surface area is 117 Å². The number of carbonyl (C=O) groups excluding carboxylic acids is 2. The van der Waals surface area contributed by atoms with Gasteiger partial charge in [-0.05, 0) is 40.2 Å². The number of hydrogen-bond acceptors (Lipinski definition) is 2. The molecule has 19 heavy (non-hydrogen) atoms. The van der Waals surface area contributed by atoms with Gasteiger partial charge in [-0.15, -0.1) is 0 Å². The number of benzene rings is 2. The molecule has 3 nitrogen and oxygen atoms in total. The van der Waals surface area contributed by atoms with Crippen LogP contribution in [0.4, 0.5) is 10.1 Å². The Kier molecular flexibility index (Phi) is 4.06. The lowest BCUT2D eigenvalue weighted by atomic mass is 10.1. The maximum Gasteiger partial charge on any atom is 0.259 e. The fourth-order valence-corrected chi connectivity index (χ4v) is 2.12. The van der Waals surface area contributed by atoms with E-state index in [-0.39, 0.29) is 5.56 Å². The monoisotopic (exact) mass is 321 g/mol. The van der Waals surface area contributed by atoms with Crippen LogP contribution >= 0.6 is 15.9 Å². The molecule has 0 heterocycles. The van der Waals surface area contributed by atoms with Crippen molar-refractivity contribution in [3.05, 3.63) is 63.9 Å². The van der Waals surface area contributed by atoms with Gasteiger partial charge in [0, 0.05) is 15.7 Å². The molecule has 2 rings (SSSR count). The van der Waals surface area contributed by atoms with Gasteiger partial charge in [-0.3, -0.25) is 9.59 Å². The van der Waals surface area contributed by atoms with Crippen LogP contribution in [0, 0.1) is 5.82 Å². The molecule has 0 aliphatic rings. The van der Waals surface area contributed by atoms with Crippen molar-refractivity contribution in [2.75, 3.05) is 5.32 Å². The van der Waals surface area contributed by atoms with Gasteiger partial charge in [-0.25, -0.2) is 4.39 Å². The molecule has 0 radical (unpaired) electrons. The number of rotatable bonds is 3. The second-order valence-corrected chi connectivity index (χ2v) is 4.65. The van der Waals surface area contributed by atoms with E-state index in [1.165, 1.54) is 18.2 Å². The molecule has 0 aliphatic heterocycles. The van der Waals surface area contributed by atoms with Crippen LogP contribution in [0.5, 0.6) is 0 Å². The summed E-state index contributed by atoms with van der Waals surface area (Å²) in [7, 11) is 0. The molecule has 0 aromatic heterocycles. The second-order valence-electron chi connectivity index (χ2n) is 3.79. The lowest BCUT2D eigenvalue weighted by Gasteiger charge is -2.08. The zero-order valence-corrected chi connectivity index (χ0v) is 11.3. The number of anilines is 1. The molecule has 0 saturated heterocycles. The Bertz CT molecular complexity index is 623. The van der Waals surface area contributed by atoms with Crippen molar-refractivity contribution in [3.63, 3.8) is 0 Å². The molecular formula is C14H9BrFNO2. The van der Waals surface area contributed by atoms with E-state index in [2.05, 4.69) is 21.2 Å². The van der Waals surface area contributed by atoms with E-state index in [1.807, 2.05) is 0 Å². The highest BCUT2D eigenvalue weighted by Crippen LogP contribution is 2.21. The summed E-state index contributed by atoms with van der Waals surface area (Å²) in [5.74, 6) is -1.19. The lowest BCUT2D eigenvalue weighted by molar-refractivity contribution is 0.102. The van der Waals surface area contributed by atoms with Crippen molar-refractivity contribution in [1.29, 1.82) is 0 Å². The number of aldehydes is 1. The molecular weight excluding hydrogens is 313 g/mol. The summed E-state index contributed by atoms with van der Waals surface area (Å²) in [4.78, 5) is 22.6. The average Bonchev–Trinajstić information content (AvgIpc) is 2.38. The normalized spacial score (nSPS) is 10.0. The number of carbonyl (C=O) groups is 2. The predicted octanol–water partition coefficient (Wildman–Crippen LogP) is 3.65. The Morgan fingerprint density at radius 1 is 1.21 bits per heavy atom. The van der Waals surface area contributed by atoms with E-state index in [1.54, 1.807) is 24.3 Å². The van der Waals surface area contributed by atoms with Gasteiger partial charge in [0.25, 0.3) is 5.91 Å². The number of nitrogens with one attached hydrogen (secondary N) is 1. The highest BCUT2D eigenvalue weighted by molar-refractivity contribution is 9.10. The molecule has 0 fully saturated rings. The first kappa shape index (κ1) is 13.4. The summed E-state index contributed by atoms with van der Waals surface area (Å²) >= 11 is 3.13. The highest BCUT2D eigenvalue weighted by atomic mass is 79.9. The summed E-state index contributed by atoms with van der Waals surface area (Å²) in [6.07, 6.45) is 0.675. The van der Waals surface area contributed by atoms with Gasteiger partial charge in [-0.1, -0.05) is 18.2 Å². The fraction of sp³-hybridized carbons (Fsp3) is 0. The largest absolute Gasteiger partial charge is 0.322 e. The van der Waals surface area contributed by atoms with E-state index in [0.29, 0.717) is 22.0 Å². The van der Waals surface area contributed by atoms with E-state index in [9.17, 15) is 14.0 Å². The zero-order chi connectivity index (χ0) is 13.8. The van der Waals surface area contributed by atoms with Crippen molar-refractivity contribution in [1.82, 2.24) is 0 Å². The predicted molar refractivity (Wildman–Crippen MR) is 73.9 cm³/mol. The van der Waals surface area contributed by atoms with Crippen LogP contribution in [-0.2, 0) is 0 Å². The van der Waals surface area contributed by atoms with Crippen molar-refractivity contribution < 1.29 is 14.0 Å². The molecule has 0 atom stereocenters. The SMILES string of the molecule is O=Cc1cccc(NC(=O)c2c(F)cccc2Br)c1. The van der Waals surface area contributed by atoms with Gasteiger partial charge in [0.05, 0.1) is 5.56 Å². The van der Waals surface area contributed by atoms with E-state index in [0.717, 1.165) is 0 Å². The molecule has 0 bridgehead atoms.